The fourth-order valence-corrected chi connectivity index (χ4v) is 2.37. The first-order valence-electron chi connectivity index (χ1n) is 5.76. The minimum atomic E-state index is -0.226. The molecule has 0 bridgehead atoms. The summed E-state index contributed by atoms with van der Waals surface area (Å²) >= 11 is 3.36. The quantitative estimate of drug-likeness (QED) is 0.837. The Labute approximate surface area is 115 Å². The number of anilines is 1. The molecule has 96 valence electrons. The van der Waals surface area contributed by atoms with Gasteiger partial charge in [0.2, 0.25) is 11.8 Å². The van der Waals surface area contributed by atoms with Gasteiger partial charge >= 0.3 is 0 Å². The highest BCUT2D eigenvalue weighted by molar-refractivity contribution is 9.10. The van der Waals surface area contributed by atoms with Gasteiger partial charge in [-0.05, 0) is 24.3 Å². The summed E-state index contributed by atoms with van der Waals surface area (Å²) in [5.74, 6) is -0.198. The van der Waals surface area contributed by atoms with E-state index in [1.807, 2.05) is 24.3 Å². The van der Waals surface area contributed by atoms with Crippen LogP contribution in [0, 0.1) is 5.92 Å². The zero-order valence-electron chi connectivity index (χ0n) is 10.4. The second-order valence-corrected chi connectivity index (χ2v) is 5.53. The molecular weight excluding hydrogens is 296 g/mol. The smallest absolute Gasteiger partial charge is 0.227 e. The molecule has 1 atom stereocenters. The summed E-state index contributed by atoms with van der Waals surface area (Å²) in [5, 5.41) is 0. The van der Waals surface area contributed by atoms with Crippen LogP contribution < -0.4 is 4.90 Å². The Morgan fingerprint density at radius 2 is 1.94 bits per heavy atom. The minimum Gasteiger partial charge on any atom is -0.349 e. The van der Waals surface area contributed by atoms with E-state index < -0.39 is 0 Å². The summed E-state index contributed by atoms with van der Waals surface area (Å²) in [6, 6.07) is 7.54. The molecule has 5 heteroatoms. The predicted octanol–water partition coefficient (Wildman–Crippen LogP) is 1.89. The summed E-state index contributed by atoms with van der Waals surface area (Å²) in [5.41, 5.74) is 0.845. The number of nitrogens with zero attached hydrogens (tertiary/aromatic N) is 2. The van der Waals surface area contributed by atoms with Crippen molar-refractivity contribution in [2.75, 3.05) is 25.5 Å². The highest BCUT2D eigenvalue weighted by atomic mass is 79.9. The molecule has 0 aliphatic carbocycles. The lowest BCUT2D eigenvalue weighted by Gasteiger charge is -2.18. The lowest BCUT2D eigenvalue weighted by Crippen LogP contribution is -2.32. The van der Waals surface area contributed by atoms with Crippen molar-refractivity contribution >= 4 is 33.4 Å². The van der Waals surface area contributed by atoms with Crippen LogP contribution in [0.15, 0.2) is 28.7 Å². The lowest BCUT2D eigenvalue weighted by molar-refractivity contribution is -0.133. The molecule has 2 amide bonds. The van der Waals surface area contributed by atoms with Gasteiger partial charge in [0.1, 0.15) is 0 Å². The molecule has 2 rings (SSSR count). The maximum Gasteiger partial charge on any atom is 0.227 e. The number of benzene rings is 1. The van der Waals surface area contributed by atoms with Crippen LogP contribution in [-0.4, -0.2) is 37.4 Å². The summed E-state index contributed by atoms with van der Waals surface area (Å²) < 4.78 is 0.971. The topological polar surface area (TPSA) is 40.6 Å². The first kappa shape index (κ1) is 13.1. The Bertz CT molecular complexity index is 470. The molecule has 0 aromatic heterocycles. The molecule has 18 heavy (non-hydrogen) atoms. The zero-order valence-corrected chi connectivity index (χ0v) is 12.0. The van der Waals surface area contributed by atoms with Crippen LogP contribution in [0.2, 0.25) is 0 Å². The van der Waals surface area contributed by atoms with Crippen LogP contribution in [-0.2, 0) is 9.59 Å². The van der Waals surface area contributed by atoms with Gasteiger partial charge in [-0.2, -0.15) is 0 Å². The molecule has 4 nitrogen and oxygen atoms in total. The van der Waals surface area contributed by atoms with E-state index in [1.165, 1.54) is 0 Å². The molecule has 1 aliphatic rings. The Kier molecular flexibility index (Phi) is 3.71. The van der Waals surface area contributed by atoms with Gasteiger partial charge in [-0.3, -0.25) is 9.59 Å². The molecule has 1 aromatic carbocycles. The third-order valence-electron chi connectivity index (χ3n) is 3.05. The molecule has 0 saturated carbocycles. The predicted molar refractivity (Wildman–Crippen MR) is 73.3 cm³/mol. The van der Waals surface area contributed by atoms with Gasteiger partial charge in [-0.25, -0.2) is 0 Å². The standard InChI is InChI=1S/C13H15BrN2O2/c1-15(2)13(18)9-7-12(17)16(8-9)11-5-3-10(14)4-6-11/h3-6,9H,7-8H2,1-2H3. The Morgan fingerprint density at radius 1 is 1.33 bits per heavy atom. The van der Waals surface area contributed by atoms with Crippen LogP contribution >= 0.6 is 15.9 Å². The van der Waals surface area contributed by atoms with Crippen molar-refractivity contribution < 1.29 is 9.59 Å². The van der Waals surface area contributed by atoms with E-state index in [-0.39, 0.29) is 17.7 Å². The summed E-state index contributed by atoms with van der Waals surface area (Å²) in [6.45, 7) is 0.470. The van der Waals surface area contributed by atoms with Crippen molar-refractivity contribution in [1.29, 1.82) is 0 Å². The van der Waals surface area contributed by atoms with E-state index in [0.717, 1.165) is 10.2 Å². The lowest BCUT2D eigenvalue weighted by atomic mass is 10.1. The van der Waals surface area contributed by atoms with Crippen molar-refractivity contribution in [3.63, 3.8) is 0 Å². The molecular formula is C13H15BrN2O2. The summed E-state index contributed by atoms with van der Waals surface area (Å²) in [6.07, 6.45) is 0.299. The molecule has 1 aromatic rings. The van der Waals surface area contributed by atoms with E-state index in [0.29, 0.717) is 13.0 Å². The summed E-state index contributed by atoms with van der Waals surface area (Å²) in [7, 11) is 3.43. The summed E-state index contributed by atoms with van der Waals surface area (Å²) in [4.78, 5) is 27.0. The largest absolute Gasteiger partial charge is 0.349 e. The van der Waals surface area contributed by atoms with Crippen molar-refractivity contribution in [3.05, 3.63) is 28.7 Å². The fraction of sp³-hybridized carbons (Fsp3) is 0.385. The molecule has 0 spiro atoms. The number of amides is 2. The van der Waals surface area contributed by atoms with Crippen molar-refractivity contribution in [2.45, 2.75) is 6.42 Å². The van der Waals surface area contributed by atoms with Crippen LogP contribution in [0.4, 0.5) is 5.69 Å². The number of carbonyl (C=O) groups is 2. The Hall–Kier alpha value is -1.36. The minimum absolute atomic E-state index is 0.0116. The molecule has 1 fully saturated rings. The van der Waals surface area contributed by atoms with Gasteiger partial charge < -0.3 is 9.80 Å². The van der Waals surface area contributed by atoms with Gasteiger partial charge in [0.25, 0.3) is 0 Å². The third kappa shape index (κ3) is 2.56. The number of carbonyl (C=O) groups excluding carboxylic acids is 2. The molecule has 0 radical (unpaired) electrons. The van der Waals surface area contributed by atoms with E-state index >= 15 is 0 Å². The highest BCUT2D eigenvalue weighted by Gasteiger charge is 2.35. The van der Waals surface area contributed by atoms with Crippen LogP contribution in [0.3, 0.4) is 0 Å². The number of rotatable bonds is 2. The maximum absolute atomic E-state index is 11.9. The molecule has 1 unspecified atom stereocenters. The van der Waals surface area contributed by atoms with Gasteiger partial charge in [-0.15, -0.1) is 0 Å². The number of hydrogen-bond donors (Lipinski definition) is 0. The van der Waals surface area contributed by atoms with E-state index in [2.05, 4.69) is 15.9 Å². The first-order chi connectivity index (χ1) is 8.49. The van der Waals surface area contributed by atoms with Crippen molar-refractivity contribution in [2.24, 2.45) is 5.92 Å². The molecule has 1 saturated heterocycles. The van der Waals surface area contributed by atoms with Crippen LogP contribution in [0.1, 0.15) is 6.42 Å². The first-order valence-corrected chi connectivity index (χ1v) is 6.55. The Balaban J connectivity index is 2.15. The van der Waals surface area contributed by atoms with E-state index in [4.69, 9.17) is 0 Å². The monoisotopic (exact) mass is 310 g/mol. The fourth-order valence-electron chi connectivity index (χ4n) is 2.11. The van der Waals surface area contributed by atoms with Crippen LogP contribution in [0.5, 0.6) is 0 Å². The average Bonchev–Trinajstić information content (AvgIpc) is 2.71. The van der Waals surface area contributed by atoms with E-state index in [1.54, 1.807) is 23.9 Å². The third-order valence-corrected chi connectivity index (χ3v) is 3.58. The van der Waals surface area contributed by atoms with E-state index in [9.17, 15) is 9.59 Å². The second kappa shape index (κ2) is 5.10. The zero-order chi connectivity index (χ0) is 13.3. The molecule has 1 heterocycles. The normalized spacial score (nSPS) is 19.2. The van der Waals surface area contributed by atoms with Gasteiger partial charge in [0.05, 0.1) is 5.92 Å². The highest BCUT2D eigenvalue weighted by Crippen LogP contribution is 2.27. The average molecular weight is 311 g/mol. The maximum atomic E-state index is 11.9. The number of hydrogen-bond acceptors (Lipinski definition) is 2. The Morgan fingerprint density at radius 3 is 2.50 bits per heavy atom. The van der Waals surface area contributed by atoms with Crippen molar-refractivity contribution in [3.8, 4) is 0 Å². The van der Waals surface area contributed by atoms with Crippen molar-refractivity contribution in [1.82, 2.24) is 4.90 Å². The second-order valence-electron chi connectivity index (χ2n) is 4.61. The molecule has 1 aliphatic heterocycles. The molecule has 0 N–H and O–H groups in total. The SMILES string of the molecule is CN(C)C(=O)C1CC(=O)N(c2ccc(Br)cc2)C1. The van der Waals surface area contributed by atoms with Crippen LogP contribution in [0.25, 0.3) is 0 Å². The van der Waals surface area contributed by atoms with Gasteiger partial charge in [0, 0.05) is 37.2 Å². The van der Waals surface area contributed by atoms with Gasteiger partial charge in [-0.1, -0.05) is 15.9 Å². The number of halogens is 1. The van der Waals surface area contributed by atoms with Gasteiger partial charge in [0.15, 0.2) is 0 Å².